The fourth-order valence-corrected chi connectivity index (χ4v) is 1.54. The van der Waals surface area contributed by atoms with Crippen LogP contribution in [0.1, 0.15) is 10.6 Å². The fraction of sp³-hybridized carbons (Fsp3) is 0.333. The molecule has 1 aromatic rings. The molecular formula is C9H9ClN2O3. The van der Waals surface area contributed by atoms with E-state index in [1.165, 1.54) is 17.0 Å². The van der Waals surface area contributed by atoms with Gasteiger partial charge in [0.1, 0.15) is 6.54 Å². The molecule has 15 heavy (non-hydrogen) atoms. The zero-order valence-corrected chi connectivity index (χ0v) is 8.58. The van der Waals surface area contributed by atoms with Gasteiger partial charge >= 0.3 is 0 Å². The lowest BCUT2D eigenvalue weighted by molar-refractivity contribution is -0.123. The van der Waals surface area contributed by atoms with Gasteiger partial charge < -0.3 is 14.6 Å². The Morgan fingerprint density at radius 2 is 2.33 bits per heavy atom. The molecule has 1 N–H and O–H groups in total. The largest absolute Gasteiger partial charge is 0.440 e. The number of nitrogens with zero attached hydrogens (tertiary/aromatic N) is 1. The predicted molar refractivity (Wildman–Crippen MR) is 52.6 cm³/mol. The van der Waals surface area contributed by atoms with Gasteiger partial charge in [0.05, 0.1) is 0 Å². The molecule has 0 radical (unpaired) electrons. The second-order valence-corrected chi connectivity index (χ2v) is 3.55. The van der Waals surface area contributed by atoms with Crippen molar-refractivity contribution in [2.75, 3.05) is 19.6 Å². The Bertz CT molecular complexity index is 402. The van der Waals surface area contributed by atoms with Crippen LogP contribution >= 0.6 is 11.6 Å². The molecule has 0 aliphatic carbocycles. The molecule has 0 bridgehead atoms. The lowest BCUT2D eigenvalue weighted by Crippen LogP contribution is -2.49. The lowest BCUT2D eigenvalue weighted by Gasteiger charge is -2.25. The quantitative estimate of drug-likeness (QED) is 0.762. The average Bonchev–Trinajstić information content (AvgIpc) is 2.64. The Labute approximate surface area is 91.0 Å². The van der Waals surface area contributed by atoms with Gasteiger partial charge in [-0.3, -0.25) is 9.59 Å². The van der Waals surface area contributed by atoms with Gasteiger partial charge in [-0.15, -0.1) is 0 Å². The number of amides is 2. The molecule has 6 heteroatoms. The van der Waals surface area contributed by atoms with Crippen LogP contribution in [0.3, 0.4) is 0 Å². The smallest absolute Gasteiger partial charge is 0.290 e. The van der Waals surface area contributed by atoms with E-state index in [0.29, 0.717) is 13.1 Å². The maximum Gasteiger partial charge on any atom is 0.290 e. The normalized spacial score (nSPS) is 16.3. The van der Waals surface area contributed by atoms with Gasteiger partial charge in [-0.05, 0) is 23.7 Å². The summed E-state index contributed by atoms with van der Waals surface area (Å²) in [6, 6.07) is 3.00. The zero-order chi connectivity index (χ0) is 10.8. The van der Waals surface area contributed by atoms with Crippen LogP contribution in [0.25, 0.3) is 0 Å². The standard InChI is InChI=1S/C9H9ClN2O3/c10-7-2-1-6(15-7)9(14)12-4-3-11-8(13)5-12/h1-2H,3-5H2,(H,11,13). The topological polar surface area (TPSA) is 62.6 Å². The number of nitrogens with one attached hydrogen (secondary N) is 1. The molecule has 1 saturated heterocycles. The molecule has 0 unspecified atom stereocenters. The molecule has 0 atom stereocenters. The highest BCUT2D eigenvalue weighted by Gasteiger charge is 2.24. The van der Waals surface area contributed by atoms with Crippen molar-refractivity contribution in [1.29, 1.82) is 0 Å². The Kier molecular flexibility index (Phi) is 2.64. The van der Waals surface area contributed by atoms with E-state index in [1.54, 1.807) is 0 Å². The lowest BCUT2D eigenvalue weighted by atomic mass is 10.3. The highest BCUT2D eigenvalue weighted by Crippen LogP contribution is 2.15. The molecular weight excluding hydrogens is 220 g/mol. The van der Waals surface area contributed by atoms with Gasteiger partial charge in [-0.1, -0.05) is 0 Å². The summed E-state index contributed by atoms with van der Waals surface area (Å²) in [5.74, 6) is -0.307. The van der Waals surface area contributed by atoms with Crippen molar-refractivity contribution in [3.8, 4) is 0 Å². The molecule has 5 nitrogen and oxygen atoms in total. The van der Waals surface area contributed by atoms with E-state index >= 15 is 0 Å². The molecule has 0 saturated carbocycles. The Hall–Kier alpha value is -1.49. The second kappa shape index (κ2) is 3.94. The summed E-state index contributed by atoms with van der Waals surface area (Å²) in [6.07, 6.45) is 0. The summed E-state index contributed by atoms with van der Waals surface area (Å²) < 4.78 is 4.98. The number of hydrogen-bond donors (Lipinski definition) is 1. The summed E-state index contributed by atoms with van der Waals surface area (Å²) in [5.41, 5.74) is 0. The molecule has 1 aromatic heterocycles. The van der Waals surface area contributed by atoms with E-state index in [1.807, 2.05) is 0 Å². The van der Waals surface area contributed by atoms with E-state index in [9.17, 15) is 9.59 Å². The van der Waals surface area contributed by atoms with E-state index in [0.717, 1.165) is 0 Å². The third-order valence-corrected chi connectivity index (χ3v) is 2.31. The van der Waals surface area contributed by atoms with E-state index in [4.69, 9.17) is 16.0 Å². The average molecular weight is 229 g/mol. The molecule has 0 spiro atoms. The molecule has 0 aromatic carbocycles. The minimum absolute atomic E-state index is 0.0666. The number of carbonyl (C=O) groups is 2. The monoisotopic (exact) mass is 228 g/mol. The summed E-state index contributed by atoms with van der Waals surface area (Å²) in [5, 5.41) is 2.80. The number of carbonyl (C=O) groups excluding carboxylic acids is 2. The maximum absolute atomic E-state index is 11.8. The SMILES string of the molecule is O=C1CN(C(=O)c2ccc(Cl)o2)CCN1. The number of hydrogen-bond acceptors (Lipinski definition) is 3. The Balaban J connectivity index is 2.10. The van der Waals surface area contributed by atoms with Crippen LogP contribution in [0.2, 0.25) is 5.22 Å². The number of halogens is 1. The van der Waals surface area contributed by atoms with Crippen molar-refractivity contribution in [3.05, 3.63) is 23.1 Å². The van der Waals surface area contributed by atoms with Crippen LogP contribution in [0.5, 0.6) is 0 Å². The molecule has 2 amide bonds. The van der Waals surface area contributed by atoms with Crippen LogP contribution in [-0.4, -0.2) is 36.3 Å². The first-order valence-electron chi connectivity index (χ1n) is 4.48. The third kappa shape index (κ3) is 2.12. The minimum Gasteiger partial charge on any atom is -0.440 e. The number of rotatable bonds is 1. The van der Waals surface area contributed by atoms with E-state index in [2.05, 4.69) is 5.32 Å². The molecule has 1 aliphatic heterocycles. The predicted octanol–water partition coefficient (Wildman–Crippen LogP) is 0.505. The van der Waals surface area contributed by atoms with Crippen LogP contribution in [-0.2, 0) is 4.79 Å². The molecule has 1 aliphatic rings. The van der Waals surface area contributed by atoms with Crippen LogP contribution in [0.4, 0.5) is 0 Å². The van der Waals surface area contributed by atoms with Gasteiger partial charge in [0, 0.05) is 13.1 Å². The fourth-order valence-electron chi connectivity index (χ4n) is 1.40. The highest BCUT2D eigenvalue weighted by atomic mass is 35.5. The highest BCUT2D eigenvalue weighted by molar-refractivity contribution is 6.29. The van der Waals surface area contributed by atoms with Crippen molar-refractivity contribution in [3.63, 3.8) is 0 Å². The van der Waals surface area contributed by atoms with E-state index < -0.39 is 0 Å². The van der Waals surface area contributed by atoms with Gasteiger partial charge in [-0.25, -0.2) is 0 Å². The van der Waals surface area contributed by atoms with Crippen molar-refractivity contribution >= 4 is 23.4 Å². The number of piperazine rings is 1. The molecule has 2 heterocycles. The van der Waals surface area contributed by atoms with Crippen molar-refractivity contribution in [1.82, 2.24) is 10.2 Å². The van der Waals surface area contributed by atoms with Crippen molar-refractivity contribution in [2.45, 2.75) is 0 Å². The maximum atomic E-state index is 11.8. The Morgan fingerprint density at radius 1 is 1.53 bits per heavy atom. The van der Waals surface area contributed by atoms with Gasteiger partial charge in [0.25, 0.3) is 5.91 Å². The van der Waals surface area contributed by atoms with Gasteiger partial charge in [-0.2, -0.15) is 0 Å². The summed E-state index contributed by atoms with van der Waals surface area (Å²) in [6.45, 7) is 1.03. The van der Waals surface area contributed by atoms with Gasteiger partial charge in [0.2, 0.25) is 5.91 Å². The number of furan rings is 1. The van der Waals surface area contributed by atoms with Crippen molar-refractivity contribution < 1.29 is 14.0 Å². The van der Waals surface area contributed by atoms with Crippen molar-refractivity contribution in [2.24, 2.45) is 0 Å². The van der Waals surface area contributed by atoms with Crippen LogP contribution < -0.4 is 5.32 Å². The molecule has 2 rings (SSSR count). The third-order valence-electron chi connectivity index (χ3n) is 2.11. The first-order chi connectivity index (χ1) is 7.16. The zero-order valence-electron chi connectivity index (χ0n) is 7.83. The first kappa shape index (κ1) is 10.0. The summed E-state index contributed by atoms with van der Waals surface area (Å²) >= 11 is 5.56. The van der Waals surface area contributed by atoms with Crippen LogP contribution in [0.15, 0.2) is 16.5 Å². The second-order valence-electron chi connectivity index (χ2n) is 3.18. The first-order valence-corrected chi connectivity index (χ1v) is 4.86. The summed E-state index contributed by atoms with van der Waals surface area (Å²) in [4.78, 5) is 24.2. The summed E-state index contributed by atoms with van der Waals surface area (Å²) in [7, 11) is 0. The van der Waals surface area contributed by atoms with Gasteiger partial charge in [0.15, 0.2) is 11.0 Å². The molecule has 1 fully saturated rings. The Morgan fingerprint density at radius 3 is 2.93 bits per heavy atom. The molecule has 80 valence electrons. The van der Waals surface area contributed by atoms with E-state index in [-0.39, 0.29) is 29.3 Å². The minimum atomic E-state index is -0.309. The van der Waals surface area contributed by atoms with Crippen LogP contribution in [0, 0.1) is 0 Å².